The fourth-order valence-corrected chi connectivity index (χ4v) is 2.59. The summed E-state index contributed by atoms with van der Waals surface area (Å²) >= 11 is 0. The molecule has 0 saturated heterocycles. The predicted octanol–water partition coefficient (Wildman–Crippen LogP) is 3.87. The van der Waals surface area contributed by atoms with Crippen molar-refractivity contribution >= 4 is 11.8 Å². The summed E-state index contributed by atoms with van der Waals surface area (Å²) < 4.78 is 13.9. The van der Waals surface area contributed by atoms with Crippen molar-refractivity contribution in [2.24, 2.45) is 0 Å². The third-order valence-electron chi connectivity index (χ3n) is 4.06. The highest BCUT2D eigenvalue weighted by Crippen LogP contribution is 2.22. The Balaban J connectivity index is 1.81. The molecule has 0 radical (unpaired) electrons. The number of anilines is 2. The van der Waals surface area contributed by atoms with Gasteiger partial charge in [0.15, 0.2) is 0 Å². The van der Waals surface area contributed by atoms with E-state index in [-0.39, 0.29) is 5.82 Å². The predicted molar refractivity (Wildman–Crippen MR) is 108 cm³/mol. The van der Waals surface area contributed by atoms with Crippen LogP contribution >= 0.6 is 0 Å². The van der Waals surface area contributed by atoms with Gasteiger partial charge >= 0.3 is 0 Å². The van der Waals surface area contributed by atoms with E-state index in [1.54, 1.807) is 12.1 Å². The second kappa shape index (κ2) is 9.09. The molecule has 0 fully saturated rings. The van der Waals surface area contributed by atoms with E-state index in [0.29, 0.717) is 23.9 Å². The van der Waals surface area contributed by atoms with Gasteiger partial charge < -0.3 is 15.5 Å². The van der Waals surface area contributed by atoms with Crippen LogP contribution < -0.4 is 10.6 Å². The molecule has 2 aromatic carbocycles. The minimum Gasteiger partial charge on any atom is -0.366 e. The van der Waals surface area contributed by atoms with E-state index in [9.17, 15) is 4.39 Å². The first-order chi connectivity index (χ1) is 13.1. The summed E-state index contributed by atoms with van der Waals surface area (Å²) in [6.45, 7) is 1.96. The third kappa shape index (κ3) is 5.49. The van der Waals surface area contributed by atoms with Crippen molar-refractivity contribution in [2.45, 2.75) is 6.54 Å². The summed E-state index contributed by atoms with van der Waals surface area (Å²) in [5, 5.41) is 6.47. The van der Waals surface area contributed by atoms with Crippen molar-refractivity contribution in [1.82, 2.24) is 14.9 Å². The molecule has 3 rings (SSSR count). The average molecular weight is 365 g/mol. The van der Waals surface area contributed by atoms with Crippen LogP contribution in [0.25, 0.3) is 11.3 Å². The zero-order valence-corrected chi connectivity index (χ0v) is 15.6. The number of rotatable bonds is 8. The van der Waals surface area contributed by atoms with Crippen LogP contribution in [-0.4, -0.2) is 42.1 Å². The number of aromatic nitrogens is 2. The number of hydrogen-bond donors (Lipinski definition) is 2. The minimum atomic E-state index is -0.230. The SMILES string of the molecule is CN(C)CCNc1nc(NCc2ccccc2F)cc(-c2ccccc2)n1. The summed E-state index contributed by atoms with van der Waals surface area (Å²) in [6, 6.07) is 18.5. The molecule has 1 heterocycles. The fraction of sp³-hybridized carbons (Fsp3) is 0.238. The molecule has 2 N–H and O–H groups in total. The molecule has 27 heavy (non-hydrogen) atoms. The molecular formula is C21H24FN5. The van der Waals surface area contributed by atoms with Gasteiger partial charge in [-0.05, 0) is 20.2 Å². The maximum atomic E-state index is 13.9. The fourth-order valence-electron chi connectivity index (χ4n) is 2.59. The van der Waals surface area contributed by atoms with Gasteiger partial charge in [0.1, 0.15) is 11.6 Å². The molecule has 6 heteroatoms. The molecule has 0 spiro atoms. The van der Waals surface area contributed by atoms with E-state index in [2.05, 4.69) is 25.5 Å². The first-order valence-electron chi connectivity index (χ1n) is 8.92. The third-order valence-corrected chi connectivity index (χ3v) is 4.06. The molecular weight excluding hydrogens is 341 g/mol. The second-order valence-corrected chi connectivity index (χ2v) is 6.50. The Morgan fingerprint density at radius 1 is 0.926 bits per heavy atom. The molecule has 140 valence electrons. The van der Waals surface area contributed by atoms with Gasteiger partial charge in [0, 0.05) is 36.8 Å². The van der Waals surface area contributed by atoms with Crippen LogP contribution in [-0.2, 0) is 6.54 Å². The standard InChI is InChI=1S/C21H24FN5/c1-27(2)13-12-23-21-25-19(16-8-4-3-5-9-16)14-20(26-21)24-15-17-10-6-7-11-18(17)22/h3-11,14H,12-13,15H2,1-2H3,(H2,23,24,25,26). The Hall–Kier alpha value is -2.99. The molecule has 0 aliphatic heterocycles. The Labute approximate surface area is 159 Å². The topological polar surface area (TPSA) is 53.1 Å². The molecule has 0 atom stereocenters. The van der Waals surface area contributed by atoms with E-state index >= 15 is 0 Å². The molecule has 1 aromatic heterocycles. The van der Waals surface area contributed by atoms with Crippen LogP contribution in [0.15, 0.2) is 60.7 Å². The number of nitrogens with one attached hydrogen (secondary N) is 2. The first-order valence-corrected chi connectivity index (χ1v) is 8.92. The normalized spacial score (nSPS) is 10.8. The smallest absolute Gasteiger partial charge is 0.225 e. The monoisotopic (exact) mass is 365 g/mol. The lowest BCUT2D eigenvalue weighted by atomic mass is 10.1. The molecule has 0 unspecified atom stereocenters. The van der Waals surface area contributed by atoms with Crippen LogP contribution in [0.1, 0.15) is 5.56 Å². The number of halogens is 1. The number of benzene rings is 2. The van der Waals surface area contributed by atoms with Gasteiger partial charge in [-0.3, -0.25) is 0 Å². The summed E-state index contributed by atoms with van der Waals surface area (Å²) in [4.78, 5) is 11.2. The lowest BCUT2D eigenvalue weighted by molar-refractivity contribution is 0.425. The zero-order valence-electron chi connectivity index (χ0n) is 15.6. The maximum Gasteiger partial charge on any atom is 0.225 e. The molecule has 3 aromatic rings. The van der Waals surface area contributed by atoms with Gasteiger partial charge in [0.05, 0.1) is 5.69 Å². The van der Waals surface area contributed by atoms with E-state index in [0.717, 1.165) is 24.3 Å². The number of hydrogen-bond acceptors (Lipinski definition) is 5. The van der Waals surface area contributed by atoms with Crippen LogP contribution in [0, 0.1) is 5.82 Å². The van der Waals surface area contributed by atoms with Gasteiger partial charge in [-0.25, -0.2) is 9.37 Å². The Bertz CT molecular complexity index is 867. The first kappa shape index (κ1) is 18.8. The highest BCUT2D eigenvalue weighted by molar-refractivity contribution is 5.64. The molecule has 5 nitrogen and oxygen atoms in total. The van der Waals surface area contributed by atoms with Crippen molar-refractivity contribution < 1.29 is 4.39 Å². The largest absolute Gasteiger partial charge is 0.366 e. The van der Waals surface area contributed by atoms with Gasteiger partial charge in [-0.15, -0.1) is 0 Å². The van der Waals surface area contributed by atoms with E-state index in [1.165, 1.54) is 6.07 Å². The van der Waals surface area contributed by atoms with Crippen molar-refractivity contribution in [3.63, 3.8) is 0 Å². The number of likely N-dealkylation sites (N-methyl/N-ethyl adjacent to an activating group) is 1. The minimum absolute atomic E-state index is 0.230. The molecule has 0 amide bonds. The van der Waals surface area contributed by atoms with Gasteiger partial charge in [-0.2, -0.15) is 4.98 Å². The van der Waals surface area contributed by atoms with Crippen molar-refractivity contribution in [2.75, 3.05) is 37.8 Å². The molecule has 0 saturated carbocycles. The van der Waals surface area contributed by atoms with Crippen LogP contribution in [0.4, 0.5) is 16.2 Å². The Morgan fingerprint density at radius 2 is 1.67 bits per heavy atom. The van der Waals surface area contributed by atoms with E-state index in [1.807, 2.05) is 56.6 Å². The van der Waals surface area contributed by atoms with E-state index < -0.39 is 0 Å². The summed E-state index contributed by atoms with van der Waals surface area (Å²) in [5.74, 6) is 0.973. The Kier molecular flexibility index (Phi) is 6.33. The van der Waals surface area contributed by atoms with Crippen molar-refractivity contribution in [3.8, 4) is 11.3 Å². The summed E-state index contributed by atoms with van der Waals surface area (Å²) in [7, 11) is 4.04. The molecule has 0 aliphatic rings. The van der Waals surface area contributed by atoms with Gasteiger partial charge in [0.25, 0.3) is 0 Å². The lowest BCUT2D eigenvalue weighted by Crippen LogP contribution is -2.21. The van der Waals surface area contributed by atoms with Gasteiger partial charge in [-0.1, -0.05) is 48.5 Å². The van der Waals surface area contributed by atoms with Crippen LogP contribution in [0.2, 0.25) is 0 Å². The maximum absolute atomic E-state index is 13.9. The number of nitrogens with zero attached hydrogens (tertiary/aromatic N) is 3. The van der Waals surface area contributed by atoms with Crippen molar-refractivity contribution in [3.05, 3.63) is 72.0 Å². The Morgan fingerprint density at radius 3 is 2.41 bits per heavy atom. The molecule has 0 aliphatic carbocycles. The van der Waals surface area contributed by atoms with Gasteiger partial charge in [0.2, 0.25) is 5.95 Å². The van der Waals surface area contributed by atoms with Crippen molar-refractivity contribution in [1.29, 1.82) is 0 Å². The quantitative estimate of drug-likeness (QED) is 0.635. The van der Waals surface area contributed by atoms with E-state index in [4.69, 9.17) is 0 Å². The molecule has 0 bridgehead atoms. The summed E-state index contributed by atoms with van der Waals surface area (Å²) in [5.41, 5.74) is 2.41. The highest BCUT2D eigenvalue weighted by Gasteiger charge is 2.08. The van der Waals surface area contributed by atoms with Crippen LogP contribution in [0.5, 0.6) is 0 Å². The van der Waals surface area contributed by atoms with Crippen LogP contribution in [0.3, 0.4) is 0 Å². The second-order valence-electron chi connectivity index (χ2n) is 6.50. The zero-order chi connectivity index (χ0) is 19.1. The average Bonchev–Trinajstić information content (AvgIpc) is 2.68. The summed E-state index contributed by atoms with van der Waals surface area (Å²) in [6.07, 6.45) is 0. The lowest BCUT2D eigenvalue weighted by Gasteiger charge is -2.13. The highest BCUT2D eigenvalue weighted by atomic mass is 19.1.